The SMILES string of the molecule is COc1ccc(NC(=O)N2CCCN(C(=O)Oc3ccccc3)C2C(=O)NC(CC(=O)O)c2cccc(C)c2)cc1. The van der Waals surface area contributed by atoms with E-state index in [1.54, 1.807) is 72.8 Å². The maximum atomic E-state index is 13.9. The summed E-state index contributed by atoms with van der Waals surface area (Å²) in [5.74, 6) is -0.948. The summed E-state index contributed by atoms with van der Waals surface area (Å²) in [4.78, 5) is 54.8. The number of carboxylic acid groups (broad SMARTS) is 1. The molecule has 214 valence electrons. The lowest BCUT2D eigenvalue weighted by Gasteiger charge is -2.42. The van der Waals surface area contributed by atoms with Gasteiger partial charge in [-0.25, -0.2) is 9.59 Å². The van der Waals surface area contributed by atoms with Crippen molar-refractivity contribution in [1.29, 1.82) is 0 Å². The van der Waals surface area contributed by atoms with Crippen LogP contribution in [-0.2, 0) is 9.59 Å². The molecule has 0 aliphatic carbocycles. The highest BCUT2D eigenvalue weighted by atomic mass is 16.6. The van der Waals surface area contributed by atoms with Crippen LogP contribution in [0.5, 0.6) is 11.5 Å². The van der Waals surface area contributed by atoms with E-state index in [9.17, 15) is 24.3 Å². The Morgan fingerprint density at radius 3 is 2.29 bits per heavy atom. The molecule has 0 radical (unpaired) electrons. The molecule has 2 unspecified atom stereocenters. The van der Waals surface area contributed by atoms with Gasteiger partial charge in [0.15, 0.2) is 6.17 Å². The van der Waals surface area contributed by atoms with E-state index in [-0.39, 0.29) is 18.8 Å². The second-order valence-corrected chi connectivity index (χ2v) is 9.53. The highest BCUT2D eigenvalue weighted by Crippen LogP contribution is 2.24. The quantitative estimate of drug-likeness (QED) is 0.371. The molecule has 4 rings (SSSR count). The van der Waals surface area contributed by atoms with Crippen molar-refractivity contribution in [2.45, 2.75) is 32.0 Å². The molecule has 1 saturated heterocycles. The van der Waals surface area contributed by atoms with Crippen LogP contribution < -0.4 is 20.1 Å². The molecule has 3 aromatic rings. The largest absolute Gasteiger partial charge is 0.497 e. The van der Waals surface area contributed by atoms with Crippen molar-refractivity contribution in [3.05, 3.63) is 90.0 Å². The summed E-state index contributed by atoms with van der Waals surface area (Å²) in [6.07, 6.45) is -2.22. The van der Waals surface area contributed by atoms with Crippen LogP contribution in [-0.4, -0.2) is 65.3 Å². The van der Waals surface area contributed by atoms with Crippen LogP contribution in [0.1, 0.15) is 30.0 Å². The van der Waals surface area contributed by atoms with Crippen molar-refractivity contribution in [1.82, 2.24) is 15.1 Å². The zero-order valence-corrected chi connectivity index (χ0v) is 22.8. The number of urea groups is 1. The number of carbonyl (C=O) groups is 4. The predicted octanol–water partition coefficient (Wildman–Crippen LogP) is 4.40. The van der Waals surface area contributed by atoms with Crippen LogP contribution >= 0.6 is 0 Å². The number of nitrogens with zero attached hydrogens (tertiary/aromatic N) is 2. The lowest BCUT2D eigenvalue weighted by Crippen LogP contribution is -2.64. The molecule has 1 heterocycles. The number of anilines is 1. The topological polar surface area (TPSA) is 138 Å². The zero-order chi connectivity index (χ0) is 29.4. The van der Waals surface area contributed by atoms with Crippen LogP contribution in [0, 0.1) is 6.92 Å². The van der Waals surface area contributed by atoms with Crippen LogP contribution in [0.3, 0.4) is 0 Å². The summed E-state index contributed by atoms with van der Waals surface area (Å²) in [5, 5.41) is 15.1. The lowest BCUT2D eigenvalue weighted by molar-refractivity contribution is -0.138. The van der Waals surface area contributed by atoms with Gasteiger partial charge in [0.25, 0.3) is 5.91 Å². The molecular formula is C30H32N4O7. The Kier molecular flexibility index (Phi) is 9.41. The molecule has 1 aliphatic heterocycles. The first kappa shape index (κ1) is 28.9. The smallest absolute Gasteiger partial charge is 0.417 e. The summed E-state index contributed by atoms with van der Waals surface area (Å²) in [7, 11) is 1.53. The number of nitrogens with one attached hydrogen (secondary N) is 2. The average molecular weight is 561 g/mol. The molecule has 1 fully saturated rings. The molecule has 41 heavy (non-hydrogen) atoms. The van der Waals surface area contributed by atoms with E-state index in [4.69, 9.17) is 9.47 Å². The van der Waals surface area contributed by atoms with Gasteiger partial charge in [-0.3, -0.25) is 19.4 Å². The summed E-state index contributed by atoms with van der Waals surface area (Å²) in [6, 6.07) is 20.7. The van der Waals surface area contributed by atoms with Crippen molar-refractivity contribution in [3.63, 3.8) is 0 Å². The van der Waals surface area contributed by atoms with Gasteiger partial charge in [-0.05, 0) is 55.3 Å². The Labute approximate surface area is 237 Å². The summed E-state index contributed by atoms with van der Waals surface area (Å²) < 4.78 is 10.7. The first-order chi connectivity index (χ1) is 19.7. The molecular weight excluding hydrogens is 528 g/mol. The highest BCUT2D eigenvalue weighted by Gasteiger charge is 2.42. The van der Waals surface area contributed by atoms with Gasteiger partial charge in [0.2, 0.25) is 0 Å². The number of carboxylic acids is 1. The van der Waals surface area contributed by atoms with Crippen molar-refractivity contribution < 1.29 is 33.8 Å². The van der Waals surface area contributed by atoms with Gasteiger partial charge < -0.3 is 25.2 Å². The van der Waals surface area contributed by atoms with Gasteiger partial charge >= 0.3 is 18.1 Å². The van der Waals surface area contributed by atoms with Crippen LogP contribution in [0.2, 0.25) is 0 Å². The minimum Gasteiger partial charge on any atom is -0.497 e. The molecule has 3 aromatic carbocycles. The van der Waals surface area contributed by atoms with Crippen LogP contribution in [0.4, 0.5) is 15.3 Å². The predicted molar refractivity (Wildman–Crippen MR) is 151 cm³/mol. The zero-order valence-electron chi connectivity index (χ0n) is 22.8. The van der Waals surface area contributed by atoms with E-state index in [2.05, 4.69) is 10.6 Å². The van der Waals surface area contributed by atoms with Gasteiger partial charge in [0.05, 0.1) is 19.6 Å². The normalized spacial score (nSPS) is 15.4. The fourth-order valence-electron chi connectivity index (χ4n) is 4.59. The second-order valence-electron chi connectivity index (χ2n) is 9.53. The van der Waals surface area contributed by atoms with Gasteiger partial charge in [0, 0.05) is 18.8 Å². The first-order valence-electron chi connectivity index (χ1n) is 13.1. The van der Waals surface area contributed by atoms with Crippen molar-refractivity contribution in [2.75, 3.05) is 25.5 Å². The van der Waals surface area contributed by atoms with E-state index in [0.717, 1.165) is 5.56 Å². The molecule has 11 heteroatoms. The number of aryl methyl sites for hydroxylation is 1. The number of hydrogen-bond acceptors (Lipinski definition) is 6. The van der Waals surface area contributed by atoms with Gasteiger partial charge in [-0.2, -0.15) is 0 Å². The Hall–Kier alpha value is -5.06. The van der Waals surface area contributed by atoms with Crippen molar-refractivity contribution in [2.24, 2.45) is 0 Å². The molecule has 1 aliphatic rings. The van der Waals surface area contributed by atoms with Gasteiger partial charge in [-0.1, -0.05) is 48.0 Å². The summed E-state index contributed by atoms with van der Waals surface area (Å²) >= 11 is 0. The third-order valence-electron chi connectivity index (χ3n) is 6.55. The van der Waals surface area contributed by atoms with Crippen LogP contribution in [0.15, 0.2) is 78.9 Å². The number of benzene rings is 3. The lowest BCUT2D eigenvalue weighted by atomic mass is 10.0. The fourth-order valence-corrected chi connectivity index (χ4v) is 4.59. The molecule has 3 N–H and O–H groups in total. The fraction of sp³-hybridized carbons (Fsp3) is 0.267. The van der Waals surface area contributed by atoms with E-state index >= 15 is 0 Å². The van der Waals surface area contributed by atoms with Crippen molar-refractivity contribution >= 4 is 29.7 Å². The highest BCUT2D eigenvalue weighted by molar-refractivity contribution is 5.95. The Morgan fingerprint density at radius 2 is 1.63 bits per heavy atom. The van der Waals surface area contributed by atoms with Gasteiger partial charge in [0.1, 0.15) is 11.5 Å². The first-order valence-corrected chi connectivity index (χ1v) is 13.1. The summed E-state index contributed by atoms with van der Waals surface area (Å²) in [5.41, 5.74) is 1.94. The molecule has 11 nitrogen and oxygen atoms in total. The van der Waals surface area contributed by atoms with Crippen molar-refractivity contribution in [3.8, 4) is 11.5 Å². The molecule has 2 atom stereocenters. The van der Waals surface area contributed by atoms with E-state index in [1.165, 1.54) is 16.9 Å². The number of ether oxygens (including phenoxy) is 2. The maximum absolute atomic E-state index is 13.9. The minimum absolute atomic E-state index is 0.143. The van der Waals surface area contributed by atoms with E-state index < -0.39 is 42.6 Å². The number of rotatable bonds is 8. The summed E-state index contributed by atoms with van der Waals surface area (Å²) in [6.45, 7) is 2.17. The number of aliphatic carboxylic acids is 1. The number of methoxy groups -OCH3 is 1. The van der Waals surface area contributed by atoms with E-state index in [1.807, 2.05) is 13.0 Å². The Bertz CT molecular complexity index is 1380. The molecule has 0 spiro atoms. The number of amides is 4. The maximum Gasteiger partial charge on any atom is 0.417 e. The third-order valence-corrected chi connectivity index (χ3v) is 6.55. The molecule has 0 aromatic heterocycles. The standard InChI is InChI=1S/C30H32N4O7/c1-20-8-6-9-21(18-20)25(19-26(35)36)32-27(37)28-33(29(38)31-22-12-14-23(40-2)15-13-22)16-7-17-34(28)30(39)41-24-10-4-3-5-11-24/h3-6,8-15,18,25,28H,7,16-17,19H2,1-2H3,(H,31,38)(H,32,37)(H,35,36). The monoisotopic (exact) mass is 560 g/mol. The molecule has 4 amide bonds. The Balaban J connectivity index is 1.63. The molecule has 0 saturated carbocycles. The second kappa shape index (κ2) is 13.3. The van der Waals surface area contributed by atoms with E-state index in [0.29, 0.717) is 23.4 Å². The number of hydrogen-bond donors (Lipinski definition) is 3. The third kappa shape index (κ3) is 7.53. The number of carbonyl (C=O) groups excluding carboxylic acids is 3. The van der Waals surface area contributed by atoms with Crippen LogP contribution in [0.25, 0.3) is 0 Å². The molecule has 0 bridgehead atoms. The Morgan fingerprint density at radius 1 is 0.927 bits per heavy atom. The minimum atomic E-state index is -1.40. The van der Waals surface area contributed by atoms with Gasteiger partial charge in [-0.15, -0.1) is 0 Å². The average Bonchev–Trinajstić information content (AvgIpc) is 2.97. The number of para-hydroxylation sites is 1.